The highest BCUT2D eigenvalue weighted by molar-refractivity contribution is 5.37. The van der Waals surface area contributed by atoms with Crippen molar-refractivity contribution >= 4 is 0 Å². The molecule has 2 heterocycles. The zero-order valence-corrected chi connectivity index (χ0v) is 12.6. The van der Waals surface area contributed by atoms with Crippen molar-refractivity contribution in [2.45, 2.75) is 62.1 Å². The molecular formula is C16H17F6NO. The Morgan fingerprint density at radius 2 is 1.33 bits per heavy atom. The molecule has 2 N–H and O–H groups in total. The van der Waals surface area contributed by atoms with Crippen LogP contribution in [-0.4, -0.2) is 17.2 Å². The molecule has 0 saturated carbocycles. The van der Waals surface area contributed by atoms with E-state index in [1.54, 1.807) is 0 Å². The number of halogens is 6. The normalized spacial score (nSPS) is 31.1. The molecule has 1 aromatic carbocycles. The summed E-state index contributed by atoms with van der Waals surface area (Å²) in [5.74, 6) is 0. The van der Waals surface area contributed by atoms with E-state index in [1.807, 2.05) is 0 Å². The quantitative estimate of drug-likeness (QED) is 0.741. The zero-order valence-electron chi connectivity index (χ0n) is 12.6. The first-order valence-corrected chi connectivity index (χ1v) is 7.76. The summed E-state index contributed by atoms with van der Waals surface area (Å²) < 4.78 is 78.0. The number of hydrogen-bond acceptors (Lipinski definition) is 2. The molecule has 2 aliphatic rings. The third-order valence-corrected chi connectivity index (χ3v) is 4.87. The smallest absolute Gasteiger partial charge is 0.385 e. The molecule has 0 aromatic heterocycles. The van der Waals surface area contributed by atoms with Crippen molar-refractivity contribution in [3.8, 4) is 0 Å². The molecular weight excluding hydrogens is 336 g/mol. The molecule has 0 radical (unpaired) electrons. The third-order valence-electron chi connectivity index (χ3n) is 4.87. The van der Waals surface area contributed by atoms with Crippen molar-refractivity contribution in [2.24, 2.45) is 0 Å². The van der Waals surface area contributed by atoms with Gasteiger partial charge in [-0.3, -0.25) is 0 Å². The van der Waals surface area contributed by atoms with Gasteiger partial charge in [0.15, 0.2) is 0 Å². The maximum Gasteiger partial charge on any atom is 0.416 e. The Labute approximate surface area is 134 Å². The largest absolute Gasteiger partial charge is 0.416 e. The van der Waals surface area contributed by atoms with E-state index in [0.29, 0.717) is 12.1 Å². The number of rotatable bonds is 1. The van der Waals surface area contributed by atoms with Crippen LogP contribution in [0.15, 0.2) is 18.2 Å². The van der Waals surface area contributed by atoms with E-state index < -0.39 is 29.1 Å². The molecule has 134 valence electrons. The Balaban J connectivity index is 2.06. The Morgan fingerprint density at radius 3 is 1.75 bits per heavy atom. The van der Waals surface area contributed by atoms with Crippen LogP contribution in [0.1, 0.15) is 48.8 Å². The van der Waals surface area contributed by atoms with Crippen LogP contribution in [-0.2, 0) is 18.0 Å². The second kappa shape index (κ2) is 5.62. The maximum absolute atomic E-state index is 13.0. The van der Waals surface area contributed by atoms with Crippen LogP contribution in [0.3, 0.4) is 0 Å². The lowest BCUT2D eigenvalue weighted by Gasteiger charge is -2.45. The van der Waals surface area contributed by atoms with Gasteiger partial charge in [-0.05, 0) is 49.4 Å². The lowest BCUT2D eigenvalue weighted by Crippen LogP contribution is -2.54. The summed E-state index contributed by atoms with van der Waals surface area (Å²) in [6.45, 7) is 0. The van der Waals surface area contributed by atoms with Crippen molar-refractivity contribution in [3.63, 3.8) is 0 Å². The number of piperidine rings is 2. The van der Waals surface area contributed by atoms with Gasteiger partial charge in [-0.1, -0.05) is 6.42 Å². The van der Waals surface area contributed by atoms with Crippen LogP contribution in [0.5, 0.6) is 0 Å². The standard InChI is InChI=1S/C16H17F6NO/c17-15(18,19)10-4-9(5-11(6-10)16(20,21)22)14(24)7-12-2-1-3-13(8-14)23-12/h4-6,12-13,23-24H,1-3,7-8H2. The molecule has 24 heavy (non-hydrogen) atoms. The number of benzene rings is 1. The molecule has 0 spiro atoms. The van der Waals surface area contributed by atoms with E-state index in [-0.39, 0.29) is 36.6 Å². The van der Waals surface area contributed by atoms with Gasteiger partial charge in [0.25, 0.3) is 0 Å². The number of alkyl halides is 6. The van der Waals surface area contributed by atoms with Gasteiger partial charge in [0, 0.05) is 12.1 Å². The van der Waals surface area contributed by atoms with Crippen molar-refractivity contribution in [1.82, 2.24) is 5.32 Å². The predicted molar refractivity (Wildman–Crippen MR) is 74.1 cm³/mol. The molecule has 2 nitrogen and oxygen atoms in total. The second-order valence-corrected chi connectivity index (χ2v) is 6.73. The van der Waals surface area contributed by atoms with Crippen LogP contribution >= 0.6 is 0 Å². The minimum absolute atomic E-state index is 0.0913. The molecule has 1 aromatic rings. The molecule has 3 rings (SSSR count). The van der Waals surface area contributed by atoms with Gasteiger partial charge < -0.3 is 10.4 Å². The minimum Gasteiger partial charge on any atom is -0.385 e. The fraction of sp³-hybridized carbons (Fsp3) is 0.625. The third kappa shape index (κ3) is 3.39. The van der Waals surface area contributed by atoms with E-state index in [2.05, 4.69) is 5.32 Å². The Morgan fingerprint density at radius 1 is 0.875 bits per heavy atom. The summed E-state index contributed by atoms with van der Waals surface area (Å²) in [5, 5.41) is 14.1. The topological polar surface area (TPSA) is 32.3 Å². The highest BCUT2D eigenvalue weighted by atomic mass is 19.4. The first-order chi connectivity index (χ1) is 11.0. The monoisotopic (exact) mass is 353 g/mol. The Hall–Kier alpha value is -1.28. The molecule has 8 heteroatoms. The van der Waals surface area contributed by atoms with Crippen LogP contribution in [0.2, 0.25) is 0 Å². The van der Waals surface area contributed by atoms with E-state index in [9.17, 15) is 31.4 Å². The van der Waals surface area contributed by atoms with E-state index >= 15 is 0 Å². The molecule has 0 amide bonds. The summed E-state index contributed by atoms with van der Waals surface area (Å²) in [5.41, 5.74) is -4.75. The van der Waals surface area contributed by atoms with Gasteiger partial charge >= 0.3 is 12.4 Å². The minimum atomic E-state index is -4.91. The van der Waals surface area contributed by atoms with Crippen LogP contribution in [0.25, 0.3) is 0 Å². The van der Waals surface area contributed by atoms with Gasteiger partial charge in [-0.15, -0.1) is 0 Å². The molecule has 2 bridgehead atoms. The summed E-state index contributed by atoms with van der Waals surface area (Å²) in [7, 11) is 0. The summed E-state index contributed by atoms with van der Waals surface area (Å²) in [6.07, 6.45) is -7.14. The SMILES string of the molecule is OC1(c2cc(C(F)(F)F)cc(C(F)(F)F)c2)CC2CCCC(C1)N2. The average molecular weight is 353 g/mol. The molecule has 2 unspecified atom stereocenters. The van der Waals surface area contributed by atoms with E-state index in [1.165, 1.54) is 0 Å². The Kier molecular flexibility index (Phi) is 4.11. The first-order valence-electron chi connectivity index (χ1n) is 7.76. The first kappa shape index (κ1) is 17.5. The molecule has 2 fully saturated rings. The molecule has 2 saturated heterocycles. The number of hydrogen-bond donors (Lipinski definition) is 2. The molecule has 2 aliphatic heterocycles. The lowest BCUT2D eigenvalue weighted by molar-refractivity contribution is -0.143. The maximum atomic E-state index is 13.0. The fourth-order valence-corrected chi connectivity index (χ4v) is 3.79. The van der Waals surface area contributed by atoms with Crippen LogP contribution in [0, 0.1) is 0 Å². The van der Waals surface area contributed by atoms with Crippen molar-refractivity contribution in [3.05, 3.63) is 34.9 Å². The van der Waals surface area contributed by atoms with Crippen LogP contribution in [0.4, 0.5) is 26.3 Å². The van der Waals surface area contributed by atoms with Crippen molar-refractivity contribution in [2.75, 3.05) is 0 Å². The van der Waals surface area contributed by atoms with E-state index in [0.717, 1.165) is 19.3 Å². The van der Waals surface area contributed by atoms with Gasteiger partial charge in [-0.25, -0.2) is 0 Å². The van der Waals surface area contributed by atoms with E-state index in [4.69, 9.17) is 0 Å². The lowest BCUT2D eigenvalue weighted by atomic mass is 9.73. The second-order valence-electron chi connectivity index (χ2n) is 6.73. The number of aliphatic hydroxyl groups is 1. The van der Waals surface area contributed by atoms with Gasteiger partial charge in [0.2, 0.25) is 0 Å². The summed E-state index contributed by atoms with van der Waals surface area (Å²) >= 11 is 0. The van der Waals surface area contributed by atoms with Crippen LogP contribution < -0.4 is 5.32 Å². The molecule has 2 atom stereocenters. The Bertz CT molecular complexity index is 580. The highest BCUT2D eigenvalue weighted by Gasteiger charge is 2.44. The predicted octanol–water partition coefficient (Wildman–Crippen LogP) is 4.22. The van der Waals surface area contributed by atoms with Crippen molar-refractivity contribution in [1.29, 1.82) is 0 Å². The summed E-state index contributed by atoms with van der Waals surface area (Å²) in [6, 6.07) is 1.21. The summed E-state index contributed by atoms with van der Waals surface area (Å²) in [4.78, 5) is 0. The van der Waals surface area contributed by atoms with Gasteiger partial charge in [-0.2, -0.15) is 26.3 Å². The number of nitrogens with one attached hydrogen (secondary N) is 1. The number of fused-ring (bicyclic) bond motifs is 2. The van der Waals surface area contributed by atoms with Crippen molar-refractivity contribution < 1.29 is 31.4 Å². The average Bonchev–Trinajstić information content (AvgIpc) is 2.44. The highest BCUT2D eigenvalue weighted by Crippen LogP contribution is 2.43. The molecule has 0 aliphatic carbocycles. The van der Waals surface area contributed by atoms with Gasteiger partial charge in [0.05, 0.1) is 16.7 Å². The zero-order chi connectivity index (χ0) is 17.8. The van der Waals surface area contributed by atoms with Gasteiger partial charge in [0.1, 0.15) is 0 Å². The fourth-order valence-electron chi connectivity index (χ4n) is 3.79.